The van der Waals surface area contributed by atoms with Crippen LogP contribution in [0.1, 0.15) is 25.1 Å². The summed E-state index contributed by atoms with van der Waals surface area (Å²) in [5.74, 6) is 0.985. The van der Waals surface area contributed by atoms with Crippen LogP contribution in [0.4, 0.5) is 0 Å². The molecule has 0 aliphatic rings. The molecule has 0 aliphatic heterocycles. The molecule has 2 aromatic rings. The third kappa shape index (κ3) is 2.97. The molecule has 0 bridgehead atoms. The zero-order valence-electron chi connectivity index (χ0n) is 9.47. The van der Waals surface area contributed by atoms with Gasteiger partial charge in [0.25, 0.3) is 0 Å². The summed E-state index contributed by atoms with van der Waals surface area (Å²) in [4.78, 5) is 0. The lowest BCUT2D eigenvalue weighted by molar-refractivity contribution is 0.421. The smallest absolute Gasteiger partial charge is 0.120 e. The first kappa shape index (κ1) is 11.0. The van der Waals surface area contributed by atoms with Gasteiger partial charge in [-0.1, -0.05) is 0 Å². The zero-order chi connectivity index (χ0) is 11.2. The van der Waals surface area contributed by atoms with Gasteiger partial charge in [0.2, 0.25) is 0 Å². The van der Waals surface area contributed by atoms with Gasteiger partial charge in [0, 0.05) is 18.9 Å². The summed E-state index contributed by atoms with van der Waals surface area (Å²) in [6, 6.07) is 6.12. The molecule has 0 saturated carbocycles. The van der Waals surface area contributed by atoms with Crippen LogP contribution in [0.3, 0.4) is 0 Å². The van der Waals surface area contributed by atoms with Gasteiger partial charge >= 0.3 is 0 Å². The number of hydrogen-bond acceptors (Lipinski definition) is 3. The minimum atomic E-state index is 0.271. The maximum Gasteiger partial charge on any atom is 0.120 e. The Kier molecular flexibility index (Phi) is 3.77. The fourth-order valence-electron chi connectivity index (χ4n) is 1.63. The molecule has 1 unspecified atom stereocenters. The molecule has 1 atom stereocenters. The van der Waals surface area contributed by atoms with Crippen LogP contribution in [-0.2, 0) is 6.54 Å². The molecule has 1 N–H and O–H groups in total. The van der Waals surface area contributed by atoms with Crippen molar-refractivity contribution in [1.82, 2.24) is 15.1 Å². The van der Waals surface area contributed by atoms with Crippen LogP contribution in [0.2, 0.25) is 0 Å². The van der Waals surface area contributed by atoms with Gasteiger partial charge in [-0.05, 0) is 38.1 Å². The first-order valence-corrected chi connectivity index (χ1v) is 5.60. The number of hydrogen-bond donors (Lipinski definition) is 1. The monoisotopic (exact) mass is 219 g/mol. The van der Waals surface area contributed by atoms with E-state index < -0.39 is 0 Å². The van der Waals surface area contributed by atoms with Gasteiger partial charge in [0.15, 0.2) is 0 Å². The summed E-state index contributed by atoms with van der Waals surface area (Å²) in [7, 11) is 0. The van der Waals surface area contributed by atoms with Gasteiger partial charge in [0.1, 0.15) is 5.76 Å². The Balaban J connectivity index is 1.65. The van der Waals surface area contributed by atoms with Crippen LogP contribution in [0.25, 0.3) is 0 Å². The maximum atomic E-state index is 5.32. The molecule has 2 rings (SSSR count). The van der Waals surface area contributed by atoms with E-state index in [1.54, 1.807) is 12.5 Å². The zero-order valence-corrected chi connectivity index (χ0v) is 9.47. The van der Waals surface area contributed by atoms with E-state index in [2.05, 4.69) is 17.3 Å². The van der Waals surface area contributed by atoms with Crippen LogP contribution in [-0.4, -0.2) is 16.3 Å². The molecule has 0 amide bonds. The summed E-state index contributed by atoms with van der Waals surface area (Å²) in [5.41, 5.74) is 0. The van der Waals surface area contributed by atoms with Crippen LogP contribution >= 0.6 is 0 Å². The summed E-state index contributed by atoms with van der Waals surface area (Å²) in [6.45, 7) is 4.01. The van der Waals surface area contributed by atoms with Gasteiger partial charge in [-0.3, -0.25) is 4.68 Å². The average molecular weight is 219 g/mol. The van der Waals surface area contributed by atoms with Crippen LogP contribution in [0.5, 0.6) is 0 Å². The molecule has 0 spiro atoms. The van der Waals surface area contributed by atoms with Crippen molar-refractivity contribution in [3.63, 3.8) is 0 Å². The lowest BCUT2D eigenvalue weighted by atomic mass is 10.2. The Morgan fingerprint density at radius 2 is 2.44 bits per heavy atom. The Hall–Kier alpha value is -1.55. The fourth-order valence-corrected chi connectivity index (χ4v) is 1.63. The van der Waals surface area contributed by atoms with E-state index in [0.29, 0.717) is 0 Å². The maximum absolute atomic E-state index is 5.32. The quantitative estimate of drug-likeness (QED) is 0.757. The topological polar surface area (TPSA) is 43.0 Å². The molecule has 16 heavy (non-hydrogen) atoms. The van der Waals surface area contributed by atoms with Crippen molar-refractivity contribution >= 4 is 0 Å². The second kappa shape index (κ2) is 5.51. The van der Waals surface area contributed by atoms with Gasteiger partial charge in [-0.25, -0.2) is 0 Å². The third-order valence-electron chi connectivity index (χ3n) is 2.54. The van der Waals surface area contributed by atoms with E-state index in [1.165, 1.54) is 0 Å². The number of nitrogens with zero attached hydrogens (tertiary/aromatic N) is 2. The Morgan fingerprint density at radius 3 is 3.12 bits per heavy atom. The summed E-state index contributed by atoms with van der Waals surface area (Å²) >= 11 is 0. The Labute approximate surface area is 95.3 Å². The molecule has 2 heterocycles. The number of rotatable bonds is 6. The first-order valence-electron chi connectivity index (χ1n) is 5.60. The largest absolute Gasteiger partial charge is 0.468 e. The van der Waals surface area contributed by atoms with E-state index in [4.69, 9.17) is 4.42 Å². The van der Waals surface area contributed by atoms with Gasteiger partial charge in [-0.2, -0.15) is 5.10 Å². The second-order valence-corrected chi connectivity index (χ2v) is 3.81. The van der Waals surface area contributed by atoms with Crippen molar-refractivity contribution in [2.24, 2.45) is 0 Å². The SMILES string of the molecule is CC(NCCCn1cccn1)c1ccco1. The molecule has 0 radical (unpaired) electrons. The number of furan rings is 1. The van der Waals surface area contributed by atoms with Crippen molar-refractivity contribution in [3.05, 3.63) is 42.6 Å². The highest BCUT2D eigenvalue weighted by molar-refractivity contribution is 5.02. The fraction of sp³-hybridized carbons (Fsp3) is 0.417. The van der Waals surface area contributed by atoms with E-state index in [1.807, 2.05) is 29.1 Å². The molecule has 4 nitrogen and oxygen atoms in total. The van der Waals surface area contributed by atoms with Crippen molar-refractivity contribution in [1.29, 1.82) is 0 Å². The highest BCUT2D eigenvalue weighted by atomic mass is 16.3. The average Bonchev–Trinajstić information content (AvgIpc) is 2.96. The first-order chi connectivity index (χ1) is 7.86. The second-order valence-electron chi connectivity index (χ2n) is 3.81. The predicted molar refractivity (Wildman–Crippen MR) is 62.0 cm³/mol. The molecule has 0 fully saturated rings. The van der Waals surface area contributed by atoms with Crippen LogP contribution < -0.4 is 5.32 Å². The Bertz CT molecular complexity index is 380. The third-order valence-corrected chi connectivity index (χ3v) is 2.54. The molecule has 2 aromatic heterocycles. The van der Waals surface area contributed by atoms with E-state index in [9.17, 15) is 0 Å². The van der Waals surface area contributed by atoms with Crippen molar-refractivity contribution in [3.8, 4) is 0 Å². The number of nitrogens with one attached hydrogen (secondary N) is 1. The van der Waals surface area contributed by atoms with E-state index >= 15 is 0 Å². The molecular formula is C12H17N3O. The molecule has 86 valence electrons. The van der Waals surface area contributed by atoms with Crippen molar-refractivity contribution < 1.29 is 4.42 Å². The molecule has 0 aliphatic carbocycles. The standard InChI is InChI=1S/C12H17N3O/c1-11(12-5-2-10-16-12)13-6-3-8-15-9-4-7-14-15/h2,4-5,7,9-11,13H,3,6,8H2,1H3. The van der Waals surface area contributed by atoms with E-state index in [0.717, 1.165) is 25.3 Å². The normalized spacial score (nSPS) is 12.8. The lowest BCUT2D eigenvalue weighted by Crippen LogP contribution is -2.20. The Morgan fingerprint density at radius 1 is 1.50 bits per heavy atom. The number of aryl methyl sites for hydroxylation is 1. The van der Waals surface area contributed by atoms with E-state index in [-0.39, 0.29) is 6.04 Å². The summed E-state index contributed by atoms with van der Waals surface area (Å²) < 4.78 is 7.26. The highest BCUT2D eigenvalue weighted by Gasteiger charge is 2.05. The molecular weight excluding hydrogens is 202 g/mol. The minimum Gasteiger partial charge on any atom is -0.468 e. The van der Waals surface area contributed by atoms with Crippen molar-refractivity contribution in [2.45, 2.75) is 25.9 Å². The lowest BCUT2D eigenvalue weighted by Gasteiger charge is -2.10. The van der Waals surface area contributed by atoms with Crippen LogP contribution in [0.15, 0.2) is 41.3 Å². The minimum absolute atomic E-state index is 0.271. The highest BCUT2D eigenvalue weighted by Crippen LogP contribution is 2.11. The predicted octanol–water partition coefficient (Wildman–Crippen LogP) is 2.22. The molecule has 4 heteroatoms. The number of aromatic nitrogens is 2. The van der Waals surface area contributed by atoms with Crippen LogP contribution in [0, 0.1) is 0 Å². The molecule has 0 aromatic carbocycles. The molecule has 0 saturated heterocycles. The van der Waals surface area contributed by atoms with Gasteiger partial charge in [0.05, 0.1) is 12.3 Å². The van der Waals surface area contributed by atoms with Gasteiger partial charge in [-0.15, -0.1) is 0 Å². The summed E-state index contributed by atoms with van der Waals surface area (Å²) in [5, 5.41) is 7.57. The van der Waals surface area contributed by atoms with Gasteiger partial charge < -0.3 is 9.73 Å². The summed E-state index contributed by atoms with van der Waals surface area (Å²) in [6.07, 6.45) is 6.55. The van der Waals surface area contributed by atoms with Crippen molar-refractivity contribution in [2.75, 3.05) is 6.54 Å².